The van der Waals surface area contributed by atoms with Crippen molar-refractivity contribution in [3.8, 4) is 0 Å². The molecule has 104 valence electrons. The summed E-state index contributed by atoms with van der Waals surface area (Å²) >= 11 is 0. The molecule has 0 amide bonds. The minimum absolute atomic E-state index is 0.0657. The molecule has 0 aliphatic heterocycles. The van der Waals surface area contributed by atoms with Gasteiger partial charge in [-0.1, -0.05) is 37.3 Å². The van der Waals surface area contributed by atoms with Crippen molar-refractivity contribution in [3.63, 3.8) is 0 Å². The number of rotatable bonds is 5. The van der Waals surface area contributed by atoms with Crippen LogP contribution in [0.2, 0.25) is 0 Å². The molecule has 0 heterocycles. The van der Waals surface area contributed by atoms with Crippen LogP contribution >= 0.6 is 0 Å². The van der Waals surface area contributed by atoms with Crippen LogP contribution in [0.15, 0.2) is 48.5 Å². The molecule has 0 saturated heterocycles. The normalized spacial score (nSPS) is 11.9. The lowest BCUT2D eigenvalue weighted by Gasteiger charge is -2.20. The number of nitrogens with one attached hydrogen (secondary N) is 1. The zero-order chi connectivity index (χ0) is 14.5. The number of nitro benzene ring substituents is 1. The van der Waals surface area contributed by atoms with Gasteiger partial charge in [0.05, 0.1) is 11.0 Å². The Morgan fingerprint density at radius 3 is 2.60 bits per heavy atom. The van der Waals surface area contributed by atoms with Crippen LogP contribution in [0, 0.1) is 17.0 Å². The van der Waals surface area contributed by atoms with Crippen molar-refractivity contribution in [1.29, 1.82) is 0 Å². The van der Waals surface area contributed by atoms with Crippen molar-refractivity contribution in [3.05, 3.63) is 69.8 Å². The largest absolute Gasteiger partial charge is 0.378 e. The Bertz CT molecular complexity index is 611. The van der Waals surface area contributed by atoms with E-state index in [-0.39, 0.29) is 16.7 Å². The Kier molecular flexibility index (Phi) is 4.35. The second kappa shape index (κ2) is 6.19. The third kappa shape index (κ3) is 3.15. The van der Waals surface area contributed by atoms with Gasteiger partial charge in [-0.05, 0) is 30.5 Å². The van der Waals surface area contributed by atoms with Crippen molar-refractivity contribution in [2.24, 2.45) is 0 Å². The Hall–Kier alpha value is -2.36. The first-order valence-electron chi connectivity index (χ1n) is 6.68. The maximum Gasteiger partial charge on any atom is 0.269 e. The predicted molar refractivity (Wildman–Crippen MR) is 80.9 cm³/mol. The molecule has 0 bridgehead atoms. The van der Waals surface area contributed by atoms with E-state index >= 15 is 0 Å². The molecule has 4 heteroatoms. The van der Waals surface area contributed by atoms with Crippen molar-refractivity contribution in [2.75, 3.05) is 5.32 Å². The van der Waals surface area contributed by atoms with Gasteiger partial charge in [-0.3, -0.25) is 10.1 Å². The van der Waals surface area contributed by atoms with E-state index in [4.69, 9.17) is 0 Å². The second-order valence-electron chi connectivity index (χ2n) is 4.77. The summed E-state index contributed by atoms with van der Waals surface area (Å²) in [7, 11) is 0. The van der Waals surface area contributed by atoms with Crippen molar-refractivity contribution in [1.82, 2.24) is 0 Å². The molecular formula is C16H18N2O2. The van der Waals surface area contributed by atoms with Crippen LogP contribution in [0.1, 0.15) is 30.5 Å². The van der Waals surface area contributed by atoms with E-state index in [9.17, 15) is 10.1 Å². The van der Waals surface area contributed by atoms with Gasteiger partial charge in [0, 0.05) is 17.8 Å². The van der Waals surface area contributed by atoms with Gasteiger partial charge >= 0.3 is 0 Å². The summed E-state index contributed by atoms with van der Waals surface area (Å²) < 4.78 is 0. The average Bonchev–Trinajstić information content (AvgIpc) is 2.46. The van der Waals surface area contributed by atoms with Gasteiger partial charge in [0.1, 0.15) is 0 Å². The SMILES string of the molecule is CCC(Nc1ccccc1C)c1cccc([N+](=O)[O-])c1. The number of non-ortho nitro benzene ring substituents is 1. The zero-order valence-corrected chi connectivity index (χ0v) is 11.7. The fourth-order valence-electron chi connectivity index (χ4n) is 2.20. The van der Waals surface area contributed by atoms with Gasteiger partial charge in [-0.2, -0.15) is 0 Å². The standard InChI is InChI=1S/C16H18N2O2/c1-3-15(17-16-10-5-4-7-12(16)2)13-8-6-9-14(11-13)18(19)20/h4-11,15,17H,3H2,1-2H3. The zero-order valence-electron chi connectivity index (χ0n) is 11.7. The second-order valence-corrected chi connectivity index (χ2v) is 4.77. The molecular weight excluding hydrogens is 252 g/mol. The molecule has 0 fully saturated rings. The maximum absolute atomic E-state index is 10.9. The Labute approximate surface area is 118 Å². The molecule has 2 aromatic carbocycles. The number of aryl methyl sites for hydroxylation is 1. The fraction of sp³-hybridized carbons (Fsp3) is 0.250. The number of benzene rings is 2. The summed E-state index contributed by atoms with van der Waals surface area (Å²) in [5.41, 5.74) is 3.29. The first-order valence-corrected chi connectivity index (χ1v) is 6.68. The highest BCUT2D eigenvalue weighted by atomic mass is 16.6. The molecule has 0 aromatic heterocycles. The molecule has 0 radical (unpaired) electrons. The van der Waals surface area contributed by atoms with Gasteiger partial charge in [-0.15, -0.1) is 0 Å². The van der Waals surface area contributed by atoms with E-state index < -0.39 is 0 Å². The summed E-state index contributed by atoms with van der Waals surface area (Å²) in [5.74, 6) is 0. The molecule has 0 spiro atoms. The Morgan fingerprint density at radius 2 is 1.95 bits per heavy atom. The number of hydrogen-bond donors (Lipinski definition) is 1. The highest BCUT2D eigenvalue weighted by Crippen LogP contribution is 2.26. The summed E-state index contributed by atoms with van der Waals surface area (Å²) in [6.45, 7) is 4.11. The molecule has 1 N–H and O–H groups in total. The Morgan fingerprint density at radius 1 is 1.20 bits per heavy atom. The van der Waals surface area contributed by atoms with E-state index in [1.807, 2.05) is 37.3 Å². The average molecular weight is 270 g/mol. The number of hydrogen-bond acceptors (Lipinski definition) is 3. The van der Waals surface area contributed by atoms with Crippen LogP contribution in [-0.2, 0) is 0 Å². The van der Waals surface area contributed by atoms with Crippen LogP contribution in [0.4, 0.5) is 11.4 Å². The first-order chi connectivity index (χ1) is 9.61. The van der Waals surface area contributed by atoms with E-state index in [0.29, 0.717) is 0 Å². The van der Waals surface area contributed by atoms with Gasteiger partial charge in [0.25, 0.3) is 5.69 Å². The van der Waals surface area contributed by atoms with Crippen LogP contribution in [0.5, 0.6) is 0 Å². The molecule has 1 unspecified atom stereocenters. The molecule has 2 rings (SSSR count). The molecule has 0 aliphatic carbocycles. The summed E-state index contributed by atoms with van der Waals surface area (Å²) in [4.78, 5) is 10.5. The fourth-order valence-corrected chi connectivity index (χ4v) is 2.20. The smallest absolute Gasteiger partial charge is 0.269 e. The maximum atomic E-state index is 10.9. The number of nitrogens with zero attached hydrogens (tertiary/aromatic N) is 1. The van der Waals surface area contributed by atoms with E-state index in [1.54, 1.807) is 12.1 Å². The van der Waals surface area contributed by atoms with Crippen LogP contribution in [-0.4, -0.2) is 4.92 Å². The predicted octanol–water partition coefficient (Wildman–Crippen LogP) is 4.47. The topological polar surface area (TPSA) is 55.2 Å². The summed E-state index contributed by atoms with van der Waals surface area (Å²) in [6.07, 6.45) is 0.857. The summed E-state index contributed by atoms with van der Waals surface area (Å²) in [5, 5.41) is 14.3. The van der Waals surface area contributed by atoms with E-state index in [1.165, 1.54) is 6.07 Å². The van der Waals surface area contributed by atoms with Gasteiger partial charge in [0.2, 0.25) is 0 Å². The summed E-state index contributed by atoms with van der Waals surface area (Å²) in [6, 6.07) is 14.9. The molecule has 1 atom stereocenters. The van der Waals surface area contributed by atoms with Gasteiger partial charge in [0.15, 0.2) is 0 Å². The number of nitro groups is 1. The lowest BCUT2D eigenvalue weighted by molar-refractivity contribution is -0.384. The lowest BCUT2D eigenvalue weighted by Crippen LogP contribution is -2.10. The molecule has 0 aliphatic rings. The first kappa shape index (κ1) is 14.1. The third-order valence-corrected chi connectivity index (χ3v) is 3.37. The highest BCUT2D eigenvalue weighted by molar-refractivity contribution is 5.52. The van der Waals surface area contributed by atoms with Crippen molar-refractivity contribution >= 4 is 11.4 Å². The highest BCUT2D eigenvalue weighted by Gasteiger charge is 2.13. The monoisotopic (exact) mass is 270 g/mol. The quantitative estimate of drug-likeness (QED) is 0.644. The number of anilines is 1. The molecule has 4 nitrogen and oxygen atoms in total. The number of para-hydroxylation sites is 1. The van der Waals surface area contributed by atoms with Crippen molar-refractivity contribution < 1.29 is 4.92 Å². The van der Waals surface area contributed by atoms with Crippen LogP contribution < -0.4 is 5.32 Å². The third-order valence-electron chi connectivity index (χ3n) is 3.37. The van der Waals surface area contributed by atoms with E-state index in [0.717, 1.165) is 23.2 Å². The minimum Gasteiger partial charge on any atom is -0.378 e. The van der Waals surface area contributed by atoms with Crippen LogP contribution in [0.3, 0.4) is 0 Å². The molecule has 2 aromatic rings. The molecule has 0 saturated carbocycles. The Balaban J connectivity index is 2.26. The van der Waals surface area contributed by atoms with E-state index in [2.05, 4.69) is 12.2 Å². The van der Waals surface area contributed by atoms with Gasteiger partial charge in [-0.25, -0.2) is 0 Å². The van der Waals surface area contributed by atoms with Crippen molar-refractivity contribution in [2.45, 2.75) is 26.3 Å². The minimum atomic E-state index is -0.357. The molecule has 20 heavy (non-hydrogen) atoms. The lowest BCUT2D eigenvalue weighted by atomic mass is 10.0. The van der Waals surface area contributed by atoms with Gasteiger partial charge < -0.3 is 5.32 Å². The van der Waals surface area contributed by atoms with Crippen LogP contribution in [0.25, 0.3) is 0 Å².